The fourth-order valence-electron chi connectivity index (χ4n) is 4.36. The first-order valence-corrected chi connectivity index (χ1v) is 18.7. The molecule has 0 aromatic rings. The molecule has 0 radical (unpaired) electrons. The predicted octanol–water partition coefficient (Wildman–Crippen LogP) is 6.18. The van der Waals surface area contributed by atoms with Crippen LogP contribution in [0, 0.1) is 0 Å². The van der Waals surface area contributed by atoms with Crippen molar-refractivity contribution in [3.63, 3.8) is 0 Å². The van der Waals surface area contributed by atoms with Crippen molar-refractivity contribution in [2.75, 3.05) is 126 Å². The van der Waals surface area contributed by atoms with Crippen LogP contribution in [-0.4, -0.2) is 132 Å². The van der Waals surface area contributed by atoms with Gasteiger partial charge in [-0.05, 0) is 12.8 Å². The maximum atomic E-state index is 11.6. The van der Waals surface area contributed by atoms with Gasteiger partial charge in [0.2, 0.25) is 0 Å². The molecule has 0 saturated heterocycles. The molecular formula is C36H72O11. The number of ether oxygens (including phenoxy) is 10. The van der Waals surface area contributed by atoms with Crippen LogP contribution in [-0.2, 0) is 52.2 Å². The molecule has 0 bridgehead atoms. The van der Waals surface area contributed by atoms with E-state index in [9.17, 15) is 4.79 Å². The largest absolute Gasteiger partial charge is 0.463 e. The average molecular weight is 681 g/mol. The van der Waals surface area contributed by atoms with E-state index in [4.69, 9.17) is 47.4 Å². The molecule has 0 aliphatic heterocycles. The van der Waals surface area contributed by atoms with Crippen LogP contribution >= 0.6 is 0 Å². The van der Waals surface area contributed by atoms with Gasteiger partial charge in [0.05, 0.1) is 112 Å². The topological polar surface area (TPSA) is 109 Å². The molecule has 0 spiro atoms. The van der Waals surface area contributed by atoms with E-state index in [1.165, 1.54) is 64.2 Å². The van der Waals surface area contributed by atoms with Crippen molar-refractivity contribution in [1.29, 1.82) is 0 Å². The number of unbranched alkanes of at least 4 members (excludes halogenated alkanes) is 11. The molecule has 47 heavy (non-hydrogen) atoms. The first kappa shape index (κ1) is 46.1. The zero-order valence-electron chi connectivity index (χ0n) is 30.3. The van der Waals surface area contributed by atoms with Gasteiger partial charge in [-0.1, -0.05) is 84.5 Å². The average Bonchev–Trinajstić information content (AvgIpc) is 3.08. The Bertz CT molecular complexity index is 583. The molecule has 0 saturated carbocycles. The number of carbonyl (C=O) groups is 1. The lowest BCUT2D eigenvalue weighted by molar-refractivity contribution is -0.145. The Morgan fingerprint density at radius 3 is 0.894 bits per heavy atom. The first-order chi connectivity index (χ1) is 23.3. The number of hydrogen-bond donors (Lipinski definition) is 0. The lowest BCUT2D eigenvalue weighted by atomic mass is 10.1. The zero-order valence-corrected chi connectivity index (χ0v) is 30.3. The summed E-state index contributed by atoms with van der Waals surface area (Å²) in [5.41, 5.74) is 0. The van der Waals surface area contributed by atoms with Gasteiger partial charge in [0, 0.05) is 13.0 Å². The molecule has 0 aliphatic rings. The van der Waals surface area contributed by atoms with Crippen molar-refractivity contribution in [2.24, 2.45) is 0 Å². The summed E-state index contributed by atoms with van der Waals surface area (Å²) in [7, 11) is 0. The van der Waals surface area contributed by atoms with E-state index < -0.39 is 0 Å². The summed E-state index contributed by atoms with van der Waals surface area (Å²) < 4.78 is 54.7. The quantitative estimate of drug-likeness (QED) is 0.0545. The third-order valence-electron chi connectivity index (χ3n) is 7.09. The normalized spacial score (nSPS) is 11.4. The summed E-state index contributed by atoms with van der Waals surface area (Å²) in [6, 6.07) is 0. The van der Waals surface area contributed by atoms with E-state index in [1.807, 2.05) is 0 Å². The van der Waals surface area contributed by atoms with E-state index in [2.05, 4.69) is 13.8 Å². The molecular weight excluding hydrogens is 608 g/mol. The van der Waals surface area contributed by atoms with Gasteiger partial charge in [0.15, 0.2) is 0 Å². The Hall–Kier alpha value is -0.890. The van der Waals surface area contributed by atoms with Crippen LogP contribution in [0.15, 0.2) is 0 Å². The summed E-state index contributed by atoms with van der Waals surface area (Å²) >= 11 is 0. The maximum Gasteiger partial charge on any atom is 0.305 e. The van der Waals surface area contributed by atoms with Crippen molar-refractivity contribution in [2.45, 2.75) is 104 Å². The predicted molar refractivity (Wildman–Crippen MR) is 184 cm³/mol. The summed E-state index contributed by atoms with van der Waals surface area (Å²) in [5.74, 6) is -0.143. The molecule has 0 aromatic heterocycles. The van der Waals surface area contributed by atoms with Crippen molar-refractivity contribution < 1.29 is 52.2 Å². The second-order valence-corrected chi connectivity index (χ2v) is 11.4. The minimum Gasteiger partial charge on any atom is -0.463 e. The van der Waals surface area contributed by atoms with Crippen LogP contribution in [0.5, 0.6) is 0 Å². The molecule has 282 valence electrons. The van der Waals surface area contributed by atoms with Crippen LogP contribution < -0.4 is 0 Å². The van der Waals surface area contributed by atoms with Crippen molar-refractivity contribution in [1.82, 2.24) is 0 Å². The highest BCUT2D eigenvalue weighted by molar-refractivity contribution is 5.69. The molecule has 0 rings (SSSR count). The molecule has 0 aromatic carbocycles. The minimum absolute atomic E-state index is 0.143. The summed E-state index contributed by atoms with van der Waals surface area (Å²) in [6.45, 7) is 14.4. The molecule has 0 heterocycles. The highest BCUT2D eigenvalue weighted by atomic mass is 16.6. The molecule has 0 aliphatic carbocycles. The molecule has 11 heteroatoms. The Morgan fingerprint density at radius 2 is 0.553 bits per heavy atom. The summed E-state index contributed by atoms with van der Waals surface area (Å²) in [5, 5.41) is 0. The van der Waals surface area contributed by atoms with Crippen LogP contribution in [0.2, 0.25) is 0 Å². The molecule has 0 unspecified atom stereocenters. The Balaban J connectivity index is 3.08. The lowest BCUT2D eigenvalue weighted by Crippen LogP contribution is -2.15. The molecule has 0 N–H and O–H groups in total. The van der Waals surface area contributed by atoms with Crippen LogP contribution in [0.1, 0.15) is 104 Å². The SMILES string of the molecule is CCCCCCCCCCOCCOCCOCCOCCOCCOCCOCCOCCOCCOC(=O)CCCCCCC. The Morgan fingerprint density at radius 1 is 0.298 bits per heavy atom. The van der Waals surface area contributed by atoms with Crippen molar-refractivity contribution >= 4 is 5.97 Å². The van der Waals surface area contributed by atoms with E-state index in [0.29, 0.717) is 125 Å². The van der Waals surface area contributed by atoms with Crippen LogP contribution in [0.25, 0.3) is 0 Å². The van der Waals surface area contributed by atoms with E-state index in [0.717, 1.165) is 25.9 Å². The fourth-order valence-corrected chi connectivity index (χ4v) is 4.36. The van der Waals surface area contributed by atoms with Gasteiger partial charge < -0.3 is 47.4 Å². The van der Waals surface area contributed by atoms with Gasteiger partial charge in [-0.2, -0.15) is 0 Å². The molecule has 0 fully saturated rings. The van der Waals surface area contributed by atoms with Gasteiger partial charge in [-0.3, -0.25) is 4.79 Å². The van der Waals surface area contributed by atoms with E-state index in [-0.39, 0.29) is 5.97 Å². The third kappa shape index (κ3) is 43.1. The fraction of sp³-hybridized carbons (Fsp3) is 0.972. The first-order valence-electron chi connectivity index (χ1n) is 18.7. The number of carbonyl (C=O) groups excluding carboxylic acids is 1. The van der Waals surface area contributed by atoms with Gasteiger partial charge in [-0.25, -0.2) is 0 Å². The number of rotatable bonds is 42. The third-order valence-corrected chi connectivity index (χ3v) is 7.09. The van der Waals surface area contributed by atoms with Gasteiger partial charge in [-0.15, -0.1) is 0 Å². The standard InChI is InChI=1S/C36H72O11/c1-3-5-7-9-10-11-13-15-17-38-18-19-39-20-21-40-22-23-41-24-25-42-26-27-43-28-29-44-30-31-45-32-33-46-34-35-47-36(37)16-14-12-8-6-4-2/h3-35H2,1-2H3. The molecule has 11 nitrogen and oxygen atoms in total. The Kier molecular flexibility index (Phi) is 42.3. The van der Waals surface area contributed by atoms with E-state index in [1.54, 1.807) is 0 Å². The minimum atomic E-state index is -0.143. The summed E-state index contributed by atoms with van der Waals surface area (Å²) in [6.07, 6.45) is 16.6. The monoisotopic (exact) mass is 681 g/mol. The van der Waals surface area contributed by atoms with Gasteiger partial charge in [0.1, 0.15) is 6.61 Å². The summed E-state index contributed by atoms with van der Waals surface area (Å²) in [4.78, 5) is 11.6. The van der Waals surface area contributed by atoms with E-state index >= 15 is 0 Å². The second-order valence-electron chi connectivity index (χ2n) is 11.4. The second kappa shape index (κ2) is 43.1. The van der Waals surface area contributed by atoms with Gasteiger partial charge >= 0.3 is 5.97 Å². The highest BCUT2D eigenvalue weighted by Crippen LogP contribution is 2.08. The maximum absolute atomic E-state index is 11.6. The molecule has 0 atom stereocenters. The highest BCUT2D eigenvalue weighted by Gasteiger charge is 2.02. The zero-order chi connectivity index (χ0) is 34.0. The smallest absolute Gasteiger partial charge is 0.305 e. The van der Waals surface area contributed by atoms with Crippen molar-refractivity contribution in [3.05, 3.63) is 0 Å². The molecule has 0 amide bonds. The van der Waals surface area contributed by atoms with Gasteiger partial charge in [0.25, 0.3) is 0 Å². The number of esters is 1. The lowest BCUT2D eigenvalue weighted by Gasteiger charge is -2.09. The van der Waals surface area contributed by atoms with Crippen molar-refractivity contribution in [3.8, 4) is 0 Å². The Labute approximate surface area is 287 Å². The number of hydrogen-bond acceptors (Lipinski definition) is 11. The van der Waals surface area contributed by atoms with Crippen LogP contribution in [0.4, 0.5) is 0 Å². The van der Waals surface area contributed by atoms with Crippen LogP contribution in [0.3, 0.4) is 0 Å².